The Morgan fingerprint density at radius 2 is 1.51 bits per heavy atom. The van der Waals surface area contributed by atoms with Gasteiger partial charge in [-0.2, -0.15) is 26.3 Å². The molecule has 0 saturated heterocycles. The molecule has 0 saturated carbocycles. The molecule has 0 aliphatic carbocycles. The lowest BCUT2D eigenvalue weighted by molar-refractivity contribution is -0.144. The average Bonchev–Trinajstić information content (AvgIpc) is 3.30. The molecule has 1 aromatic heterocycles. The summed E-state index contributed by atoms with van der Waals surface area (Å²) in [4.78, 5) is 16.0. The summed E-state index contributed by atoms with van der Waals surface area (Å²) >= 11 is 0. The maximum absolute atomic E-state index is 14.1. The van der Waals surface area contributed by atoms with E-state index in [4.69, 9.17) is 4.74 Å². The van der Waals surface area contributed by atoms with Crippen molar-refractivity contribution in [2.45, 2.75) is 25.7 Å². The summed E-state index contributed by atoms with van der Waals surface area (Å²) in [5.41, 5.74) is -2.42. The number of carbonyl (C=O) groups excluding carboxylic acids is 1. The number of aromatic amines is 1. The summed E-state index contributed by atoms with van der Waals surface area (Å²) in [6.07, 6.45) is -8.13. The summed E-state index contributed by atoms with van der Waals surface area (Å²) < 4.78 is 90.1. The van der Waals surface area contributed by atoms with Crippen LogP contribution in [0, 0.1) is 0 Å². The van der Waals surface area contributed by atoms with Crippen molar-refractivity contribution < 1.29 is 35.9 Å². The molecule has 0 spiro atoms. The lowest BCUT2D eigenvalue weighted by atomic mass is 10.0. The molecule has 0 fully saturated rings. The zero-order valence-corrected chi connectivity index (χ0v) is 20.3. The van der Waals surface area contributed by atoms with E-state index in [0.717, 1.165) is 5.56 Å². The number of halogens is 6. The highest BCUT2D eigenvalue weighted by Crippen LogP contribution is 2.47. The van der Waals surface area contributed by atoms with E-state index in [9.17, 15) is 31.1 Å². The fourth-order valence-corrected chi connectivity index (χ4v) is 4.49. The molecule has 4 aromatic carbocycles. The molecular weight excluding hydrogens is 522 g/mol. The molecule has 0 bridgehead atoms. The average molecular weight is 542 g/mol. The van der Waals surface area contributed by atoms with Gasteiger partial charge in [0.05, 0.1) is 0 Å². The summed E-state index contributed by atoms with van der Waals surface area (Å²) in [5, 5.41) is 4.01. The number of nitrogens with one attached hydrogen (secondary N) is 2. The Balaban J connectivity index is 1.60. The van der Waals surface area contributed by atoms with Crippen LogP contribution < -0.4 is 10.1 Å². The van der Waals surface area contributed by atoms with Crippen molar-refractivity contribution in [1.29, 1.82) is 0 Å². The van der Waals surface area contributed by atoms with Crippen molar-refractivity contribution in [2.24, 2.45) is 0 Å². The number of alkyl halides is 6. The third-order valence-corrected chi connectivity index (χ3v) is 6.33. The van der Waals surface area contributed by atoms with Crippen molar-refractivity contribution in [3.63, 3.8) is 0 Å². The molecule has 0 aliphatic rings. The third-order valence-electron chi connectivity index (χ3n) is 6.33. The van der Waals surface area contributed by atoms with Crippen LogP contribution in [-0.2, 0) is 18.8 Å². The predicted molar refractivity (Wildman–Crippen MR) is 136 cm³/mol. The Labute approximate surface area is 218 Å². The first kappa shape index (κ1) is 26.1. The van der Waals surface area contributed by atoms with E-state index in [1.807, 2.05) is 6.92 Å². The lowest BCUT2D eigenvalue weighted by Gasteiger charge is -2.21. The van der Waals surface area contributed by atoms with Crippen LogP contribution in [0.3, 0.4) is 0 Å². The van der Waals surface area contributed by atoms with E-state index in [2.05, 4.69) is 10.3 Å². The standard InChI is InChI=1S/C29H20F6N2O2/c1-2-16-15-36-25-11-10-19(14-22(16)25)39-26-23(28(30,31)32)12-18(13-24(26)29(33,34)35)37-27(38)21-9-5-7-17-6-3-4-8-20(17)21/h3-15,36H,2H2,1H3,(H,37,38). The van der Waals surface area contributed by atoms with Crippen molar-refractivity contribution in [3.8, 4) is 11.5 Å². The van der Waals surface area contributed by atoms with Gasteiger partial charge in [0.15, 0.2) is 5.75 Å². The minimum absolute atomic E-state index is 0.0991. The van der Waals surface area contributed by atoms with Crippen molar-refractivity contribution in [2.75, 3.05) is 5.32 Å². The van der Waals surface area contributed by atoms with Gasteiger partial charge in [-0.05, 0) is 59.2 Å². The maximum atomic E-state index is 14.1. The van der Waals surface area contributed by atoms with Gasteiger partial charge in [0.25, 0.3) is 5.91 Å². The number of H-pyrrole nitrogens is 1. The van der Waals surface area contributed by atoms with Crippen LogP contribution in [0.4, 0.5) is 32.0 Å². The number of aryl methyl sites for hydroxylation is 1. The van der Waals surface area contributed by atoms with E-state index < -0.39 is 40.8 Å². The minimum Gasteiger partial charge on any atom is -0.456 e. The smallest absolute Gasteiger partial charge is 0.420 e. The Morgan fingerprint density at radius 1 is 0.846 bits per heavy atom. The first-order valence-electron chi connectivity index (χ1n) is 11.8. The maximum Gasteiger partial charge on any atom is 0.420 e. The van der Waals surface area contributed by atoms with Crippen LogP contribution >= 0.6 is 0 Å². The molecular formula is C29H20F6N2O2. The number of hydrogen-bond acceptors (Lipinski definition) is 2. The Morgan fingerprint density at radius 3 is 2.18 bits per heavy atom. The number of aromatic nitrogens is 1. The Bertz CT molecular complexity index is 1660. The Kier molecular flexibility index (Phi) is 6.49. The van der Waals surface area contributed by atoms with Crippen LogP contribution in [0.25, 0.3) is 21.7 Å². The lowest BCUT2D eigenvalue weighted by Crippen LogP contribution is -2.18. The molecule has 4 nitrogen and oxygen atoms in total. The zero-order chi connectivity index (χ0) is 27.9. The van der Waals surface area contributed by atoms with E-state index >= 15 is 0 Å². The quantitative estimate of drug-likeness (QED) is 0.218. The van der Waals surface area contributed by atoms with Crippen LogP contribution in [0.5, 0.6) is 11.5 Å². The number of carbonyl (C=O) groups is 1. The van der Waals surface area contributed by atoms with E-state index in [0.29, 0.717) is 40.2 Å². The number of ether oxygens (including phenoxy) is 1. The van der Waals surface area contributed by atoms with Gasteiger partial charge in [0, 0.05) is 28.4 Å². The number of benzene rings is 4. The largest absolute Gasteiger partial charge is 0.456 e. The first-order chi connectivity index (χ1) is 18.5. The Hall–Kier alpha value is -4.47. The van der Waals surface area contributed by atoms with Gasteiger partial charge >= 0.3 is 12.4 Å². The predicted octanol–water partition coefficient (Wildman–Crippen LogP) is 8.97. The number of hydrogen-bond donors (Lipinski definition) is 2. The van der Waals surface area contributed by atoms with Crippen molar-refractivity contribution in [3.05, 3.63) is 101 Å². The molecule has 5 aromatic rings. The zero-order valence-electron chi connectivity index (χ0n) is 20.3. The number of anilines is 1. The fourth-order valence-electron chi connectivity index (χ4n) is 4.49. The topological polar surface area (TPSA) is 54.1 Å². The molecule has 5 rings (SSSR count). The molecule has 0 aliphatic heterocycles. The van der Waals surface area contributed by atoms with Crippen molar-refractivity contribution in [1.82, 2.24) is 4.98 Å². The second kappa shape index (κ2) is 9.68. The highest BCUT2D eigenvalue weighted by atomic mass is 19.4. The van der Waals surface area contributed by atoms with Gasteiger partial charge < -0.3 is 15.0 Å². The van der Waals surface area contributed by atoms with Gasteiger partial charge in [-0.3, -0.25) is 4.79 Å². The first-order valence-corrected chi connectivity index (χ1v) is 11.8. The second-order valence-electron chi connectivity index (χ2n) is 8.85. The molecule has 1 heterocycles. The molecule has 200 valence electrons. The molecule has 0 atom stereocenters. The van der Waals surface area contributed by atoms with E-state index in [-0.39, 0.29) is 11.3 Å². The highest BCUT2D eigenvalue weighted by Gasteiger charge is 2.43. The molecule has 2 N–H and O–H groups in total. The van der Waals surface area contributed by atoms with Gasteiger partial charge in [-0.1, -0.05) is 43.3 Å². The second-order valence-corrected chi connectivity index (χ2v) is 8.85. The normalized spacial score (nSPS) is 12.2. The van der Waals surface area contributed by atoms with Crippen LogP contribution in [0.1, 0.15) is 34.0 Å². The van der Waals surface area contributed by atoms with Gasteiger partial charge in [0.1, 0.15) is 16.9 Å². The van der Waals surface area contributed by atoms with Crippen LogP contribution in [0.15, 0.2) is 79.0 Å². The van der Waals surface area contributed by atoms with E-state index in [1.165, 1.54) is 24.3 Å². The minimum atomic E-state index is -5.22. The monoisotopic (exact) mass is 542 g/mol. The summed E-state index contributed by atoms with van der Waals surface area (Å²) in [7, 11) is 0. The number of rotatable bonds is 5. The molecule has 0 radical (unpaired) electrons. The fraction of sp³-hybridized carbons (Fsp3) is 0.138. The third kappa shape index (κ3) is 5.14. The van der Waals surface area contributed by atoms with Crippen molar-refractivity contribution >= 4 is 33.3 Å². The van der Waals surface area contributed by atoms with Gasteiger partial charge in [-0.25, -0.2) is 0 Å². The summed E-state index contributed by atoms with van der Waals surface area (Å²) in [6, 6.07) is 16.6. The highest BCUT2D eigenvalue weighted by molar-refractivity contribution is 6.13. The molecule has 39 heavy (non-hydrogen) atoms. The SMILES string of the molecule is CCc1c[nH]c2ccc(Oc3c(C(F)(F)F)cc(NC(=O)c4cccc5ccccc45)cc3C(F)(F)F)cc12. The van der Waals surface area contributed by atoms with Crippen LogP contribution in [-0.4, -0.2) is 10.9 Å². The molecule has 10 heteroatoms. The van der Waals surface area contributed by atoms with Gasteiger partial charge in [-0.15, -0.1) is 0 Å². The van der Waals surface area contributed by atoms with Crippen LogP contribution in [0.2, 0.25) is 0 Å². The summed E-state index contributed by atoms with van der Waals surface area (Å²) in [6.45, 7) is 1.87. The van der Waals surface area contributed by atoms with E-state index in [1.54, 1.807) is 42.6 Å². The number of amides is 1. The number of fused-ring (bicyclic) bond motifs is 2. The summed E-state index contributed by atoms with van der Waals surface area (Å²) in [5.74, 6) is -2.45. The molecule has 0 unspecified atom stereocenters. The molecule has 1 amide bonds. The van der Waals surface area contributed by atoms with Gasteiger partial charge in [0.2, 0.25) is 0 Å².